The summed E-state index contributed by atoms with van der Waals surface area (Å²) in [5.41, 5.74) is 1.81. The first-order valence-electron chi connectivity index (χ1n) is 6.77. The minimum absolute atomic E-state index is 0.138. The lowest BCUT2D eigenvalue weighted by atomic mass is 9.99. The molecule has 0 spiro atoms. The summed E-state index contributed by atoms with van der Waals surface area (Å²) < 4.78 is 10.7. The minimum atomic E-state index is -0.267. The first-order chi connectivity index (χ1) is 8.94. The Labute approximate surface area is 115 Å². The third-order valence-corrected chi connectivity index (χ3v) is 2.61. The number of esters is 1. The van der Waals surface area contributed by atoms with Crippen LogP contribution in [0.4, 0.5) is 0 Å². The van der Waals surface area contributed by atoms with Crippen LogP contribution in [0.2, 0.25) is 0 Å². The molecule has 0 amide bonds. The SMILES string of the molecule is CCc1ccccc1C(=O)OCCOCC(C)(C)C. The maximum atomic E-state index is 11.9. The molecule has 0 saturated carbocycles. The lowest BCUT2D eigenvalue weighted by Gasteiger charge is -2.17. The van der Waals surface area contributed by atoms with Crippen LogP contribution in [0.25, 0.3) is 0 Å². The number of aryl methyl sites for hydroxylation is 1. The number of hydrogen-bond acceptors (Lipinski definition) is 3. The molecule has 1 rings (SSSR count). The molecule has 1 aromatic carbocycles. The second-order valence-corrected chi connectivity index (χ2v) is 5.76. The molecular formula is C16H24O3. The molecule has 0 aliphatic rings. The van der Waals surface area contributed by atoms with Gasteiger partial charge in [-0.1, -0.05) is 45.9 Å². The molecule has 1 aromatic rings. The minimum Gasteiger partial charge on any atom is -0.460 e. The molecule has 106 valence electrons. The van der Waals surface area contributed by atoms with Crippen molar-refractivity contribution in [3.63, 3.8) is 0 Å². The second kappa shape index (κ2) is 7.29. The van der Waals surface area contributed by atoms with Gasteiger partial charge in [-0.05, 0) is 23.5 Å². The molecule has 0 N–H and O–H groups in total. The topological polar surface area (TPSA) is 35.5 Å². The van der Waals surface area contributed by atoms with Crippen molar-refractivity contribution in [2.24, 2.45) is 5.41 Å². The van der Waals surface area contributed by atoms with Crippen LogP contribution in [0, 0.1) is 5.41 Å². The van der Waals surface area contributed by atoms with Crippen molar-refractivity contribution < 1.29 is 14.3 Å². The van der Waals surface area contributed by atoms with E-state index in [1.54, 1.807) is 6.07 Å². The van der Waals surface area contributed by atoms with Crippen molar-refractivity contribution in [2.45, 2.75) is 34.1 Å². The van der Waals surface area contributed by atoms with Gasteiger partial charge in [-0.2, -0.15) is 0 Å². The van der Waals surface area contributed by atoms with Crippen molar-refractivity contribution in [3.8, 4) is 0 Å². The Balaban J connectivity index is 2.35. The molecule has 19 heavy (non-hydrogen) atoms. The molecular weight excluding hydrogens is 240 g/mol. The standard InChI is InChI=1S/C16H24O3/c1-5-13-8-6-7-9-14(13)15(17)19-11-10-18-12-16(2,3)4/h6-9H,5,10-12H2,1-4H3. The molecule has 3 heteroatoms. The average Bonchev–Trinajstić information content (AvgIpc) is 2.36. The van der Waals surface area contributed by atoms with E-state index in [1.807, 2.05) is 25.1 Å². The Morgan fingerprint density at radius 3 is 2.47 bits per heavy atom. The summed E-state index contributed by atoms with van der Waals surface area (Å²) in [6, 6.07) is 7.54. The van der Waals surface area contributed by atoms with E-state index in [-0.39, 0.29) is 11.4 Å². The predicted molar refractivity (Wildman–Crippen MR) is 76.4 cm³/mol. The van der Waals surface area contributed by atoms with Gasteiger partial charge in [0.15, 0.2) is 0 Å². The highest BCUT2D eigenvalue weighted by molar-refractivity contribution is 5.91. The van der Waals surface area contributed by atoms with Crippen LogP contribution >= 0.6 is 0 Å². The van der Waals surface area contributed by atoms with Gasteiger partial charge in [-0.25, -0.2) is 4.79 Å². The van der Waals surface area contributed by atoms with Crippen LogP contribution in [0.3, 0.4) is 0 Å². The van der Waals surface area contributed by atoms with Gasteiger partial charge in [0.2, 0.25) is 0 Å². The van der Waals surface area contributed by atoms with Gasteiger partial charge < -0.3 is 9.47 Å². The fourth-order valence-electron chi connectivity index (χ4n) is 1.68. The Hall–Kier alpha value is -1.35. The number of rotatable bonds is 6. The fraction of sp³-hybridized carbons (Fsp3) is 0.562. The van der Waals surface area contributed by atoms with Gasteiger partial charge in [-0.3, -0.25) is 0 Å². The van der Waals surface area contributed by atoms with Gasteiger partial charge in [0.25, 0.3) is 0 Å². The molecule has 0 aliphatic carbocycles. The monoisotopic (exact) mass is 264 g/mol. The molecule has 0 atom stereocenters. The predicted octanol–water partition coefficient (Wildman–Crippen LogP) is 3.47. The number of ether oxygens (including phenoxy) is 2. The number of carbonyl (C=O) groups excluding carboxylic acids is 1. The van der Waals surface area contributed by atoms with Crippen LogP contribution in [-0.2, 0) is 15.9 Å². The van der Waals surface area contributed by atoms with Gasteiger partial charge in [0, 0.05) is 0 Å². The van der Waals surface area contributed by atoms with Crippen molar-refractivity contribution in [1.29, 1.82) is 0 Å². The molecule has 0 radical (unpaired) electrons. The van der Waals surface area contributed by atoms with Crippen molar-refractivity contribution >= 4 is 5.97 Å². The molecule has 0 saturated heterocycles. The zero-order valence-electron chi connectivity index (χ0n) is 12.4. The fourth-order valence-corrected chi connectivity index (χ4v) is 1.68. The van der Waals surface area contributed by atoms with Gasteiger partial charge >= 0.3 is 5.97 Å². The van der Waals surface area contributed by atoms with E-state index in [0.29, 0.717) is 25.4 Å². The highest BCUT2D eigenvalue weighted by Crippen LogP contribution is 2.13. The highest BCUT2D eigenvalue weighted by Gasteiger charge is 2.12. The van der Waals surface area contributed by atoms with Crippen LogP contribution in [0.15, 0.2) is 24.3 Å². The van der Waals surface area contributed by atoms with Gasteiger partial charge in [-0.15, -0.1) is 0 Å². The molecule has 0 heterocycles. The van der Waals surface area contributed by atoms with E-state index >= 15 is 0 Å². The van der Waals surface area contributed by atoms with E-state index in [9.17, 15) is 4.79 Å². The first-order valence-corrected chi connectivity index (χ1v) is 6.77. The van der Waals surface area contributed by atoms with E-state index in [0.717, 1.165) is 12.0 Å². The summed E-state index contributed by atoms with van der Waals surface area (Å²) in [5.74, 6) is -0.267. The normalized spacial score (nSPS) is 11.4. The summed E-state index contributed by atoms with van der Waals surface area (Å²) >= 11 is 0. The molecule has 0 unspecified atom stereocenters. The van der Waals surface area contributed by atoms with Crippen molar-refractivity contribution in [3.05, 3.63) is 35.4 Å². The van der Waals surface area contributed by atoms with E-state index < -0.39 is 0 Å². The maximum Gasteiger partial charge on any atom is 0.338 e. The first kappa shape index (κ1) is 15.7. The van der Waals surface area contributed by atoms with Crippen LogP contribution in [0.1, 0.15) is 43.6 Å². The Bertz CT molecular complexity index is 405. The maximum absolute atomic E-state index is 11.9. The van der Waals surface area contributed by atoms with Gasteiger partial charge in [0.1, 0.15) is 6.61 Å². The molecule has 0 aliphatic heterocycles. The zero-order valence-corrected chi connectivity index (χ0v) is 12.4. The molecule has 0 bridgehead atoms. The Kier molecular flexibility index (Phi) is 6.03. The third kappa shape index (κ3) is 5.88. The van der Waals surface area contributed by atoms with Crippen molar-refractivity contribution in [2.75, 3.05) is 19.8 Å². The molecule has 3 nitrogen and oxygen atoms in total. The summed E-state index contributed by atoms with van der Waals surface area (Å²) in [7, 11) is 0. The Morgan fingerprint density at radius 2 is 1.84 bits per heavy atom. The number of benzene rings is 1. The smallest absolute Gasteiger partial charge is 0.338 e. The summed E-state index contributed by atoms with van der Waals surface area (Å²) in [6.07, 6.45) is 0.825. The lowest BCUT2D eigenvalue weighted by Crippen LogP contribution is -2.18. The summed E-state index contributed by atoms with van der Waals surface area (Å²) in [5, 5.41) is 0. The van der Waals surface area contributed by atoms with Crippen molar-refractivity contribution in [1.82, 2.24) is 0 Å². The average molecular weight is 264 g/mol. The molecule has 0 aromatic heterocycles. The van der Waals surface area contributed by atoms with E-state index in [4.69, 9.17) is 9.47 Å². The summed E-state index contributed by atoms with van der Waals surface area (Å²) in [6.45, 7) is 9.75. The highest BCUT2D eigenvalue weighted by atomic mass is 16.6. The van der Waals surface area contributed by atoms with E-state index in [2.05, 4.69) is 20.8 Å². The quantitative estimate of drug-likeness (QED) is 0.583. The van der Waals surface area contributed by atoms with Crippen LogP contribution in [0.5, 0.6) is 0 Å². The van der Waals surface area contributed by atoms with E-state index in [1.165, 1.54) is 0 Å². The molecule has 0 fully saturated rings. The van der Waals surface area contributed by atoms with Gasteiger partial charge in [0.05, 0.1) is 18.8 Å². The lowest BCUT2D eigenvalue weighted by molar-refractivity contribution is 0.0179. The Morgan fingerprint density at radius 1 is 1.16 bits per heavy atom. The number of carbonyl (C=O) groups is 1. The van der Waals surface area contributed by atoms with Crippen LogP contribution in [-0.4, -0.2) is 25.8 Å². The number of hydrogen-bond donors (Lipinski definition) is 0. The second-order valence-electron chi connectivity index (χ2n) is 5.76. The summed E-state index contributed by atoms with van der Waals surface area (Å²) in [4.78, 5) is 11.9. The van der Waals surface area contributed by atoms with Crippen LogP contribution < -0.4 is 0 Å². The third-order valence-electron chi connectivity index (χ3n) is 2.61. The largest absolute Gasteiger partial charge is 0.460 e. The zero-order chi connectivity index (χ0) is 14.3.